The van der Waals surface area contributed by atoms with Crippen molar-refractivity contribution in [3.63, 3.8) is 0 Å². The molecule has 0 saturated carbocycles. The smallest absolute Gasteiger partial charge is 0.194 e. The van der Waals surface area contributed by atoms with Crippen LogP contribution in [0.1, 0.15) is 5.56 Å². The molecule has 0 spiro atoms. The van der Waals surface area contributed by atoms with Crippen molar-refractivity contribution in [2.75, 3.05) is 27.7 Å². The molecule has 0 unspecified atom stereocenters. The third kappa shape index (κ3) is 4.02. The van der Waals surface area contributed by atoms with Gasteiger partial charge in [0.2, 0.25) is 0 Å². The number of nitrogens with zero attached hydrogens (tertiary/aromatic N) is 2. The lowest BCUT2D eigenvalue weighted by atomic mass is 10.2. The summed E-state index contributed by atoms with van der Waals surface area (Å²) in [5.41, 5.74) is 1.18. The second-order valence-electron chi connectivity index (χ2n) is 3.81. The molecular weight excluding hydrogens is 226 g/mol. The SMILES string of the molecule is C#CCNC(=NC)N(C)Cc1ccc(OC)cc1. The fourth-order valence-electron chi connectivity index (χ4n) is 1.59. The van der Waals surface area contributed by atoms with Crippen LogP contribution >= 0.6 is 0 Å². The Labute approximate surface area is 109 Å². The summed E-state index contributed by atoms with van der Waals surface area (Å²) in [6.07, 6.45) is 5.22. The minimum atomic E-state index is 0.472. The van der Waals surface area contributed by atoms with Crippen molar-refractivity contribution in [3.8, 4) is 18.1 Å². The summed E-state index contributed by atoms with van der Waals surface area (Å²) in [4.78, 5) is 6.18. The van der Waals surface area contributed by atoms with Crippen molar-refractivity contribution in [3.05, 3.63) is 29.8 Å². The molecule has 1 rings (SSSR count). The van der Waals surface area contributed by atoms with Gasteiger partial charge in [0.05, 0.1) is 13.7 Å². The first-order valence-electron chi connectivity index (χ1n) is 5.69. The lowest BCUT2D eigenvalue weighted by Crippen LogP contribution is -2.38. The molecule has 0 saturated heterocycles. The van der Waals surface area contributed by atoms with Crippen molar-refractivity contribution >= 4 is 5.96 Å². The minimum absolute atomic E-state index is 0.472. The number of hydrogen-bond acceptors (Lipinski definition) is 2. The van der Waals surface area contributed by atoms with Gasteiger partial charge in [0, 0.05) is 20.6 Å². The van der Waals surface area contributed by atoms with Crippen LogP contribution in [0.15, 0.2) is 29.3 Å². The Hall–Kier alpha value is -2.15. The summed E-state index contributed by atoms with van der Waals surface area (Å²) in [7, 11) is 5.37. The molecule has 0 aliphatic rings. The van der Waals surface area contributed by atoms with Crippen molar-refractivity contribution < 1.29 is 4.74 Å². The van der Waals surface area contributed by atoms with E-state index in [0.717, 1.165) is 18.3 Å². The highest BCUT2D eigenvalue weighted by Gasteiger charge is 2.05. The van der Waals surface area contributed by atoms with E-state index in [9.17, 15) is 0 Å². The first kappa shape index (κ1) is 13.9. The van der Waals surface area contributed by atoms with E-state index in [1.54, 1.807) is 14.2 Å². The second kappa shape index (κ2) is 7.23. The summed E-state index contributed by atoms with van der Waals surface area (Å²) in [6, 6.07) is 7.95. The Bertz CT molecular complexity index is 431. The largest absolute Gasteiger partial charge is 0.497 e. The van der Waals surface area contributed by atoms with Crippen molar-refractivity contribution in [1.82, 2.24) is 10.2 Å². The number of hydrogen-bond donors (Lipinski definition) is 1. The molecule has 0 aliphatic heterocycles. The Kier molecular flexibility index (Phi) is 5.59. The van der Waals surface area contributed by atoms with Crippen LogP contribution in [0, 0.1) is 12.3 Å². The number of methoxy groups -OCH3 is 1. The van der Waals surface area contributed by atoms with Gasteiger partial charge in [0.1, 0.15) is 5.75 Å². The third-order valence-corrected chi connectivity index (χ3v) is 2.50. The molecule has 0 bridgehead atoms. The van der Waals surface area contributed by atoms with Crippen LogP contribution in [0.5, 0.6) is 5.75 Å². The van der Waals surface area contributed by atoms with Crippen molar-refractivity contribution in [2.45, 2.75) is 6.54 Å². The summed E-state index contributed by atoms with van der Waals surface area (Å²) in [5.74, 6) is 4.17. The van der Waals surface area contributed by atoms with E-state index < -0.39 is 0 Å². The molecule has 1 aromatic carbocycles. The average molecular weight is 245 g/mol. The highest BCUT2D eigenvalue weighted by atomic mass is 16.5. The zero-order valence-corrected chi connectivity index (χ0v) is 11.1. The quantitative estimate of drug-likeness (QED) is 0.494. The molecule has 4 heteroatoms. The molecule has 18 heavy (non-hydrogen) atoms. The average Bonchev–Trinajstić information content (AvgIpc) is 2.40. The van der Waals surface area contributed by atoms with E-state index in [-0.39, 0.29) is 0 Å². The van der Waals surface area contributed by atoms with Gasteiger partial charge in [-0.15, -0.1) is 6.42 Å². The summed E-state index contributed by atoms with van der Waals surface area (Å²) < 4.78 is 5.12. The molecule has 96 valence electrons. The van der Waals surface area contributed by atoms with Crippen LogP contribution < -0.4 is 10.1 Å². The van der Waals surface area contributed by atoms with E-state index in [2.05, 4.69) is 16.2 Å². The molecule has 1 aromatic rings. The van der Waals surface area contributed by atoms with Crippen LogP contribution in [0.3, 0.4) is 0 Å². The molecule has 0 aromatic heterocycles. The maximum atomic E-state index is 5.22. The van der Waals surface area contributed by atoms with Crippen LogP contribution in [0.2, 0.25) is 0 Å². The zero-order valence-electron chi connectivity index (χ0n) is 11.1. The number of terminal acetylenes is 1. The van der Waals surface area contributed by atoms with Gasteiger partial charge in [-0.3, -0.25) is 4.99 Å². The minimum Gasteiger partial charge on any atom is -0.497 e. The number of benzene rings is 1. The van der Waals surface area contributed by atoms with Gasteiger partial charge >= 0.3 is 0 Å². The van der Waals surface area contributed by atoms with Gasteiger partial charge < -0.3 is 15.0 Å². The molecular formula is C14H19N3O. The van der Waals surface area contributed by atoms with Gasteiger partial charge in [-0.2, -0.15) is 0 Å². The lowest BCUT2D eigenvalue weighted by Gasteiger charge is -2.21. The normalized spacial score (nSPS) is 10.7. The van der Waals surface area contributed by atoms with Crippen LogP contribution in [0.4, 0.5) is 0 Å². The molecule has 0 fully saturated rings. The molecule has 0 radical (unpaired) electrons. The molecule has 0 amide bonds. The predicted molar refractivity (Wildman–Crippen MR) is 74.7 cm³/mol. The molecule has 1 N–H and O–H groups in total. The van der Waals surface area contributed by atoms with Gasteiger partial charge in [-0.25, -0.2) is 0 Å². The fraction of sp³-hybridized carbons (Fsp3) is 0.357. The van der Waals surface area contributed by atoms with Gasteiger partial charge in [-0.05, 0) is 17.7 Å². The van der Waals surface area contributed by atoms with E-state index in [0.29, 0.717) is 6.54 Å². The standard InChI is InChI=1S/C14H19N3O/c1-5-10-16-14(15-2)17(3)11-12-6-8-13(18-4)9-7-12/h1,6-9H,10-11H2,2-4H3,(H,15,16). The lowest BCUT2D eigenvalue weighted by molar-refractivity contribution is 0.414. The van der Waals surface area contributed by atoms with E-state index in [1.165, 1.54) is 5.56 Å². The highest BCUT2D eigenvalue weighted by Crippen LogP contribution is 2.12. The molecule has 0 aliphatic carbocycles. The second-order valence-corrected chi connectivity index (χ2v) is 3.81. The summed E-state index contributed by atoms with van der Waals surface area (Å²) in [6.45, 7) is 1.23. The number of aliphatic imine (C=N–C) groups is 1. The van der Waals surface area contributed by atoms with Gasteiger partial charge in [-0.1, -0.05) is 18.1 Å². The summed E-state index contributed by atoms with van der Waals surface area (Å²) >= 11 is 0. The Morgan fingerprint density at radius 1 is 1.44 bits per heavy atom. The van der Waals surface area contributed by atoms with Crippen LogP contribution in [-0.4, -0.2) is 38.6 Å². The number of nitrogens with one attached hydrogen (secondary N) is 1. The Morgan fingerprint density at radius 2 is 2.11 bits per heavy atom. The molecule has 4 nitrogen and oxygen atoms in total. The predicted octanol–water partition coefficient (Wildman–Crippen LogP) is 1.34. The highest BCUT2D eigenvalue weighted by molar-refractivity contribution is 5.79. The first-order valence-corrected chi connectivity index (χ1v) is 5.69. The zero-order chi connectivity index (χ0) is 13.4. The van der Waals surface area contributed by atoms with Gasteiger partial charge in [0.25, 0.3) is 0 Å². The number of ether oxygens (including phenoxy) is 1. The van der Waals surface area contributed by atoms with Crippen molar-refractivity contribution in [2.24, 2.45) is 4.99 Å². The maximum Gasteiger partial charge on any atom is 0.194 e. The first-order chi connectivity index (χ1) is 8.71. The fourth-order valence-corrected chi connectivity index (χ4v) is 1.59. The topological polar surface area (TPSA) is 36.9 Å². The van der Waals surface area contributed by atoms with Gasteiger partial charge in [0.15, 0.2) is 5.96 Å². The Balaban J connectivity index is 2.62. The molecule has 0 heterocycles. The van der Waals surface area contributed by atoms with E-state index in [4.69, 9.17) is 11.2 Å². The number of guanidine groups is 1. The van der Waals surface area contributed by atoms with Crippen LogP contribution in [-0.2, 0) is 6.54 Å². The van der Waals surface area contributed by atoms with Crippen LogP contribution in [0.25, 0.3) is 0 Å². The molecule has 0 atom stereocenters. The number of rotatable bonds is 4. The Morgan fingerprint density at radius 3 is 2.61 bits per heavy atom. The summed E-state index contributed by atoms with van der Waals surface area (Å²) in [5, 5.41) is 3.08. The third-order valence-electron chi connectivity index (χ3n) is 2.50. The van der Waals surface area contributed by atoms with E-state index in [1.807, 2.05) is 36.2 Å². The maximum absolute atomic E-state index is 5.22. The monoisotopic (exact) mass is 245 g/mol. The van der Waals surface area contributed by atoms with E-state index >= 15 is 0 Å². The van der Waals surface area contributed by atoms with Crippen molar-refractivity contribution in [1.29, 1.82) is 0 Å².